The van der Waals surface area contributed by atoms with Crippen LogP contribution in [0.25, 0.3) is 5.32 Å². The van der Waals surface area contributed by atoms with Crippen molar-refractivity contribution in [3.63, 3.8) is 0 Å². The largest absolute Gasteiger partial charge is 1.00 e. The maximum atomic E-state index is 8.51. The number of benzene rings is 2. The van der Waals surface area contributed by atoms with Gasteiger partial charge in [0, 0.05) is 34.2 Å². The Bertz CT molecular complexity index is 1450. The number of allylic oxidation sites excluding steroid dienone is 5. The molecule has 1 aliphatic heterocycles. The summed E-state index contributed by atoms with van der Waals surface area (Å²) in [6.07, 6.45) is 5.05. The smallest absolute Gasteiger partial charge is 0.659 e. The summed E-state index contributed by atoms with van der Waals surface area (Å²) >= 11 is 0. The summed E-state index contributed by atoms with van der Waals surface area (Å²) in [5.41, 5.74) is 5.58. The number of ether oxygens (including phenoxy) is 1. The van der Waals surface area contributed by atoms with Crippen LogP contribution in [-0.4, -0.2) is 30.9 Å². The summed E-state index contributed by atoms with van der Waals surface area (Å²) in [6.45, 7) is 17.0. The third kappa shape index (κ3) is 10.3. The van der Waals surface area contributed by atoms with Crippen molar-refractivity contribution in [2.45, 2.75) is 107 Å². The van der Waals surface area contributed by atoms with Crippen molar-refractivity contribution >= 4 is 17.1 Å². The average Bonchev–Trinajstić information content (AvgIpc) is 2.98. The molecular formula is C38H56LiN3O. The van der Waals surface area contributed by atoms with E-state index in [1.165, 1.54) is 0 Å². The summed E-state index contributed by atoms with van der Waals surface area (Å²) in [5.74, 6) is 0.503. The van der Waals surface area contributed by atoms with E-state index in [9.17, 15) is 0 Å². The van der Waals surface area contributed by atoms with E-state index in [0.717, 1.165) is 35.5 Å². The third-order valence-electron chi connectivity index (χ3n) is 7.26. The number of hydrogen-bond acceptors (Lipinski definition) is 3. The zero-order valence-electron chi connectivity index (χ0n) is 34.7. The van der Waals surface area contributed by atoms with Crippen LogP contribution < -0.4 is 18.9 Å². The monoisotopic (exact) mass is 583 g/mol. The van der Waals surface area contributed by atoms with Crippen LogP contribution in [0.5, 0.6) is 0 Å². The predicted octanol–water partition coefficient (Wildman–Crippen LogP) is 8.64. The normalized spacial score (nSPS) is 17.2. The Balaban J connectivity index is 0.00000186. The van der Waals surface area contributed by atoms with Gasteiger partial charge >= 0.3 is 18.9 Å². The van der Waals surface area contributed by atoms with Gasteiger partial charge in [-0.2, -0.15) is 0 Å². The fraction of sp³-hybridized carbons (Fsp3) is 0.500. The maximum absolute atomic E-state index is 8.51. The van der Waals surface area contributed by atoms with Gasteiger partial charge in [0.25, 0.3) is 0 Å². The summed E-state index contributed by atoms with van der Waals surface area (Å²) in [4.78, 5) is 6.49. The SMILES string of the molecule is CCOCC.[2H]C([2H])([2H])C(=Nc1c(C(C)C)cccc1C(C)C)C1=CC=C/C(=C(/[N-]c2c(C(C)C)cccc2C(C)C)C([2H])([2H])[2H])N1C.[Li+]. The zero-order chi connectivity index (χ0) is 36.6. The molecule has 0 N–H and O–H groups in total. The Morgan fingerprint density at radius 1 is 0.814 bits per heavy atom. The number of nitrogens with zero attached hydrogens (tertiary/aromatic N) is 3. The van der Waals surface area contributed by atoms with Crippen molar-refractivity contribution in [1.82, 2.24) is 4.90 Å². The first kappa shape index (κ1) is 29.2. The maximum Gasteiger partial charge on any atom is 1.00 e. The van der Waals surface area contributed by atoms with E-state index in [1.54, 1.807) is 30.2 Å². The Kier molecular flexibility index (Phi) is 12.5. The first-order valence-corrected chi connectivity index (χ1v) is 15.3. The first-order valence-electron chi connectivity index (χ1n) is 18.3. The van der Waals surface area contributed by atoms with Crippen LogP contribution in [0.15, 0.2) is 76.7 Å². The van der Waals surface area contributed by atoms with E-state index in [-0.39, 0.29) is 53.9 Å². The summed E-state index contributed by atoms with van der Waals surface area (Å²) in [5, 5.41) is 4.88. The van der Waals surface area contributed by atoms with Crippen molar-refractivity contribution in [3.05, 3.63) is 99.3 Å². The van der Waals surface area contributed by atoms with Gasteiger partial charge in [-0.3, -0.25) is 4.99 Å². The second kappa shape index (κ2) is 18.3. The van der Waals surface area contributed by atoms with Crippen LogP contribution in [0.3, 0.4) is 0 Å². The Morgan fingerprint density at radius 2 is 1.30 bits per heavy atom. The van der Waals surface area contributed by atoms with Gasteiger partial charge in [-0.15, -0.1) is 11.4 Å². The molecule has 0 amide bonds. The molecule has 0 atom stereocenters. The minimum atomic E-state index is -2.57. The Labute approximate surface area is 284 Å². The van der Waals surface area contributed by atoms with E-state index in [1.807, 2.05) is 50.2 Å². The molecule has 0 bridgehead atoms. The molecule has 5 heteroatoms. The first-order chi connectivity index (χ1) is 22.3. The fourth-order valence-corrected chi connectivity index (χ4v) is 4.88. The number of rotatable bonds is 10. The van der Waals surface area contributed by atoms with Crippen LogP contribution in [0.2, 0.25) is 0 Å². The van der Waals surface area contributed by atoms with E-state index in [4.69, 9.17) is 23.3 Å². The topological polar surface area (TPSA) is 38.9 Å². The quantitative estimate of drug-likeness (QED) is 0.207. The second-order valence-corrected chi connectivity index (χ2v) is 11.7. The molecule has 0 fully saturated rings. The molecule has 0 saturated heterocycles. The molecular weight excluding hydrogens is 521 g/mol. The van der Waals surface area contributed by atoms with Gasteiger partial charge in [0.05, 0.1) is 17.1 Å². The number of likely N-dealkylation sites (N-methyl/N-ethyl adjacent to an activating group) is 1. The van der Waals surface area contributed by atoms with Crippen LogP contribution in [-0.2, 0) is 4.74 Å². The van der Waals surface area contributed by atoms with Gasteiger partial charge in [-0.05, 0) is 67.6 Å². The second-order valence-electron chi connectivity index (χ2n) is 11.7. The van der Waals surface area contributed by atoms with Crippen molar-refractivity contribution in [3.8, 4) is 0 Å². The minimum absolute atomic E-state index is 0. The molecule has 0 aliphatic carbocycles. The van der Waals surface area contributed by atoms with Crippen molar-refractivity contribution in [2.24, 2.45) is 4.99 Å². The van der Waals surface area contributed by atoms with Crippen LogP contribution in [0.1, 0.15) is 137 Å². The van der Waals surface area contributed by atoms with Crippen molar-refractivity contribution in [2.75, 3.05) is 20.3 Å². The van der Waals surface area contributed by atoms with Gasteiger partial charge in [-0.1, -0.05) is 116 Å². The average molecular weight is 584 g/mol. The number of para-hydroxylation sites is 2. The van der Waals surface area contributed by atoms with E-state index >= 15 is 0 Å². The molecule has 4 nitrogen and oxygen atoms in total. The van der Waals surface area contributed by atoms with E-state index < -0.39 is 13.7 Å². The van der Waals surface area contributed by atoms with Crippen LogP contribution in [0.4, 0.5) is 11.4 Å². The van der Waals surface area contributed by atoms with E-state index in [0.29, 0.717) is 22.8 Å². The molecule has 1 heterocycles. The predicted molar refractivity (Wildman–Crippen MR) is 185 cm³/mol. The summed E-state index contributed by atoms with van der Waals surface area (Å²) in [7, 11) is 1.68. The Morgan fingerprint density at radius 3 is 1.70 bits per heavy atom. The molecule has 2 aromatic carbocycles. The fourth-order valence-electron chi connectivity index (χ4n) is 4.88. The molecule has 2 aromatic rings. The molecule has 0 aromatic heterocycles. The summed E-state index contributed by atoms with van der Waals surface area (Å²) < 4.78 is 55.9. The zero-order valence-corrected chi connectivity index (χ0v) is 28.7. The molecule has 1 aliphatic rings. The van der Waals surface area contributed by atoms with Gasteiger partial charge in [0.2, 0.25) is 0 Å². The summed E-state index contributed by atoms with van der Waals surface area (Å²) in [6, 6.07) is 11.9. The van der Waals surface area contributed by atoms with Gasteiger partial charge in [0.1, 0.15) is 0 Å². The molecule has 230 valence electrons. The molecule has 0 unspecified atom stereocenters. The van der Waals surface area contributed by atoms with Crippen molar-refractivity contribution < 1.29 is 31.8 Å². The van der Waals surface area contributed by atoms with Gasteiger partial charge < -0.3 is 15.0 Å². The molecule has 0 spiro atoms. The Hall–Kier alpha value is -2.51. The molecule has 0 radical (unpaired) electrons. The van der Waals surface area contributed by atoms with Crippen LogP contribution in [0, 0.1) is 0 Å². The molecule has 0 saturated carbocycles. The van der Waals surface area contributed by atoms with Crippen molar-refractivity contribution in [1.29, 1.82) is 0 Å². The standard InChI is InChI=1S/C34H46N3.C4H10O.Li/c1-21(2)27-15-12-16-28(22(3)4)33(27)35-25(9)31-19-14-20-32(37(31)11)26(10)36-34-29(23(5)6)17-13-18-30(34)24(7)8;1-3-5-4-2;/h12-24H,1-11H3;3-4H2,1-2H3;/q-1;;+1/b31-25-,36-26?;;/i9D3,10D3;;. The number of aliphatic imine (C=N–C) groups is 1. The molecule has 3 rings (SSSR count). The molecule has 43 heavy (non-hydrogen) atoms. The number of hydrogen-bond donors (Lipinski definition) is 0. The minimum Gasteiger partial charge on any atom is -0.659 e. The van der Waals surface area contributed by atoms with Crippen LogP contribution >= 0.6 is 0 Å². The van der Waals surface area contributed by atoms with E-state index in [2.05, 4.69) is 55.4 Å². The van der Waals surface area contributed by atoms with Gasteiger partial charge in [0.15, 0.2) is 0 Å². The third-order valence-corrected chi connectivity index (χ3v) is 7.26. The van der Waals surface area contributed by atoms with Gasteiger partial charge in [-0.25, -0.2) is 0 Å².